The summed E-state index contributed by atoms with van der Waals surface area (Å²) in [6.07, 6.45) is 4.51. The number of esters is 1. The smallest absolute Gasteiger partial charge is 0.323 e. The minimum atomic E-state index is -0.630. The second kappa shape index (κ2) is 13.1. The number of hydrogen-bond donors (Lipinski definition) is 3. The van der Waals surface area contributed by atoms with E-state index in [9.17, 15) is 24.0 Å². The van der Waals surface area contributed by atoms with Crippen LogP contribution in [0.4, 0.5) is 0 Å². The average Bonchev–Trinajstić information content (AvgIpc) is 3.49. The van der Waals surface area contributed by atoms with Crippen molar-refractivity contribution in [3.05, 3.63) is 48.0 Å². The van der Waals surface area contributed by atoms with Crippen LogP contribution in [0, 0.1) is 0 Å². The fourth-order valence-corrected chi connectivity index (χ4v) is 4.39. The highest BCUT2D eigenvalue weighted by atomic mass is 16.5. The zero-order chi connectivity index (χ0) is 26.1. The predicted octanol–water partition coefficient (Wildman–Crippen LogP) is 0.260. The summed E-state index contributed by atoms with van der Waals surface area (Å²) in [5, 5.41) is 8.91. The quantitative estimate of drug-likeness (QED) is 0.261. The zero-order valence-electron chi connectivity index (χ0n) is 20.7. The predicted molar refractivity (Wildman–Crippen MR) is 132 cm³/mol. The molecule has 2 heterocycles. The number of carbonyl (C=O) groups excluding carboxylic acids is 5. The van der Waals surface area contributed by atoms with Gasteiger partial charge in [0.2, 0.25) is 5.91 Å². The summed E-state index contributed by atoms with van der Waals surface area (Å²) in [6.45, 7) is 3.93. The fraction of sp³-hybridized carbons (Fsp3) is 0.500. The van der Waals surface area contributed by atoms with Gasteiger partial charge in [0.05, 0.1) is 24.7 Å². The Morgan fingerprint density at radius 2 is 1.75 bits per heavy atom. The molecule has 0 aliphatic carbocycles. The van der Waals surface area contributed by atoms with Gasteiger partial charge in [0.25, 0.3) is 11.8 Å². The maximum atomic E-state index is 13.1. The average molecular weight is 499 g/mol. The molecule has 10 heteroatoms. The summed E-state index contributed by atoms with van der Waals surface area (Å²) in [6, 6.07) is 7.47. The highest BCUT2D eigenvalue weighted by Gasteiger charge is 2.36. The van der Waals surface area contributed by atoms with Gasteiger partial charge in [0.1, 0.15) is 6.04 Å². The molecule has 1 aromatic rings. The Labute approximate surface area is 210 Å². The highest BCUT2D eigenvalue weighted by molar-refractivity contribution is 6.12. The van der Waals surface area contributed by atoms with Gasteiger partial charge in [-0.2, -0.15) is 0 Å². The van der Waals surface area contributed by atoms with E-state index >= 15 is 0 Å². The van der Waals surface area contributed by atoms with E-state index in [1.165, 1.54) is 12.2 Å². The molecule has 36 heavy (non-hydrogen) atoms. The molecule has 1 aromatic carbocycles. The number of hydrogen-bond acceptors (Lipinski definition) is 8. The van der Waals surface area contributed by atoms with Crippen molar-refractivity contribution in [3.63, 3.8) is 0 Å². The van der Waals surface area contributed by atoms with Gasteiger partial charge in [-0.05, 0) is 45.1 Å². The van der Waals surface area contributed by atoms with Crippen LogP contribution in [0.15, 0.2) is 42.5 Å². The number of nitrogens with one attached hydrogen (secondary N) is 3. The van der Waals surface area contributed by atoms with Gasteiger partial charge in [-0.15, -0.1) is 0 Å². The topological polar surface area (TPSA) is 134 Å². The van der Waals surface area contributed by atoms with Crippen molar-refractivity contribution in [1.29, 1.82) is 0 Å². The monoisotopic (exact) mass is 498 g/mol. The van der Waals surface area contributed by atoms with Gasteiger partial charge < -0.3 is 10.1 Å². The van der Waals surface area contributed by atoms with Crippen molar-refractivity contribution >= 4 is 29.5 Å². The van der Waals surface area contributed by atoms with Crippen LogP contribution in [0.25, 0.3) is 0 Å². The third-order valence-electron chi connectivity index (χ3n) is 6.36. The fourth-order valence-electron chi connectivity index (χ4n) is 4.39. The Morgan fingerprint density at radius 1 is 1.08 bits per heavy atom. The molecular weight excluding hydrogens is 464 g/mol. The molecule has 3 rings (SSSR count). The van der Waals surface area contributed by atoms with Crippen LogP contribution in [-0.4, -0.2) is 78.2 Å². The van der Waals surface area contributed by atoms with E-state index < -0.39 is 42.0 Å². The summed E-state index contributed by atoms with van der Waals surface area (Å²) >= 11 is 0. The molecule has 194 valence electrons. The van der Waals surface area contributed by atoms with Gasteiger partial charge >= 0.3 is 5.97 Å². The first kappa shape index (κ1) is 27.2. The van der Waals surface area contributed by atoms with Gasteiger partial charge in [0.15, 0.2) is 5.78 Å². The van der Waals surface area contributed by atoms with Gasteiger partial charge in [-0.25, -0.2) is 0 Å². The molecule has 0 spiro atoms. The van der Waals surface area contributed by atoms with Crippen LogP contribution in [0.5, 0.6) is 0 Å². The van der Waals surface area contributed by atoms with Crippen LogP contribution in [0.2, 0.25) is 0 Å². The van der Waals surface area contributed by atoms with Crippen molar-refractivity contribution in [2.75, 3.05) is 19.7 Å². The molecule has 3 N–H and O–H groups in total. The third kappa shape index (κ3) is 7.32. The molecular formula is C26H34N4O6. The molecule has 1 fully saturated rings. The first-order valence-corrected chi connectivity index (χ1v) is 12.4. The Morgan fingerprint density at radius 3 is 2.42 bits per heavy atom. The van der Waals surface area contributed by atoms with E-state index in [0.717, 1.165) is 10.5 Å². The second-order valence-electron chi connectivity index (χ2n) is 8.92. The Bertz CT molecular complexity index is 977. The minimum absolute atomic E-state index is 0.0880. The molecule has 10 nitrogen and oxygen atoms in total. The number of Topliss-reactive ketones (excluding diaryl/α,β-unsaturated/α-hetero) is 1. The van der Waals surface area contributed by atoms with Crippen LogP contribution in [-0.2, 0) is 35.1 Å². The number of ether oxygens (including phenoxy) is 1. The highest BCUT2D eigenvalue weighted by Crippen LogP contribution is 2.16. The van der Waals surface area contributed by atoms with Crippen LogP contribution in [0.3, 0.4) is 0 Å². The minimum Gasteiger partial charge on any atom is -0.465 e. The van der Waals surface area contributed by atoms with Crippen molar-refractivity contribution in [2.45, 2.75) is 63.7 Å². The number of benzene rings is 1. The zero-order valence-corrected chi connectivity index (χ0v) is 20.7. The summed E-state index contributed by atoms with van der Waals surface area (Å²) < 4.78 is 5.20. The number of imide groups is 1. The van der Waals surface area contributed by atoms with Crippen molar-refractivity contribution in [3.8, 4) is 0 Å². The summed E-state index contributed by atoms with van der Waals surface area (Å²) in [4.78, 5) is 62.3. The number of amides is 3. The summed E-state index contributed by atoms with van der Waals surface area (Å²) in [7, 11) is 0. The van der Waals surface area contributed by atoms with E-state index in [4.69, 9.17) is 4.74 Å². The second-order valence-corrected chi connectivity index (χ2v) is 8.92. The van der Waals surface area contributed by atoms with Crippen LogP contribution < -0.4 is 16.0 Å². The maximum absolute atomic E-state index is 13.1. The van der Waals surface area contributed by atoms with E-state index in [2.05, 4.69) is 16.0 Å². The molecule has 0 radical (unpaired) electrons. The first-order valence-electron chi connectivity index (χ1n) is 12.4. The van der Waals surface area contributed by atoms with Gasteiger partial charge in [0, 0.05) is 25.2 Å². The molecule has 2 aliphatic heterocycles. The number of rotatable bonds is 13. The maximum Gasteiger partial charge on any atom is 0.323 e. The first-order chi connectivity index (χ1) is 17.3. The normalized spacial score (nSPS) is 20.9. The molecule has 4 atom stereocenters. The third-order valence-corrected chi connectivity index (χ3v) is 6.36. The Hall–Kier alpha value is -3.37. The van der Waals surface area contributed by atoms with Crippen LogP contribution in [0.1, 0.15) is 38.7 Å². The lowest BCUT2D eigenvalue weighted by atomic mass is 10.0. The lowest BCUT2D eigenvalue weighted by molar-refractivity contribution is -0.146. The number of carbonyl (C=O) groups is 5. The molecule has 3 amide bonds. The van der Waals surface area contributed by atoms with Crippen molar-refractivity contribution < 1.29 is 28.7 Å². The Kier molecular flexibility index (Phi) is 9.89. The number of nitrogens with zero attached hydrogens (tertiary/aromatic N) is 1. The largest absolute Gasteiger partial charge is 0.465 e. The van der Waals surface area contributed by atoms with Crippen LogP contribution >= 0.6 is 0 Å². The van der Waals surface area contributed by atoms with Gasteiger partial charge in [-0.1, -0.05) is 30.3 Å². The standard InChI is InChI=1S/C26H34N4O6/c1-3-36-26(35)21(10-9-18-7-5-4-6-8-18)28-17(2)24(33)19-11-12-20(29-19)25(34)27-15-16-30-22(31)13-14-23(30)32/h4-8,13-14,17,19-21,28-29H,3,9-12,15-16H2,1-2H3,(H,27,34)/t17-,19?,20-,21?/m0/s1. The molecule has 2 unspecified atom stereocenters. The van der Waals surface area contributed by atoms with E-state index in [1.54, 1.807) is 13.8 Å². The van der Waals surface area contributed by atoms with Crippen molar-refractivity contribution in [1.82, 2.24) is 20.9 Å². The van der Waals surface area contributed by atoms with Gasteiger partial charge in [-0.3, -0.25) is 39.5 Å². The lowest BCUT2D eigenvalue weighted by Crippen LogP contribution is -2.53. The molecule has 0 aromatic heterocycles. The lowest BCUT2D eigenvalue weighted by Gasteiger charge is -2.23. The number of aryl methyl sites for hydroxylation is 1. The summed E-state index contributed by atoms with van der Waals surface area (Å²) in [5.41, 5.74) is 1.09. The summed E-state index contributed by atoms with van der Waals surface area (Å²) in [5.74, 6) is -1.60. The molecule has 0 bridgehead atoms. The molecule has 2 aliphatic rings. The molecule has 0 saturated carbocycles. The van der Waals surface area contributed by atoms with E-state index in [1.807, 2.05) is 30.3 Å². The molecule has 1 saturated heterocycles. The van der Waals surface area contributed by atoms with E-state index in [-0.39, 0.29) is 31.4 Å². The van der Waals surface area contributed by atoms with E-state index in [0.29, 0.717) is 25.7 Å². The Balaban J connectivity index is 1.47. The van der Waals surface area contributed by atoms with Crippen molar-refractivity contribution in [2.24, 2.45) is 0 Å². The number of ketones is 1. The SMILES string of the molecule is CCOC(=O)C(CCc1ccccc1)N[C@@H](C)C(=O)C1CC[C@@H](C(=O)NCCN2C(=O)C=CC2=O)N1.